The molecule has 1 rings (SSSR count). The maximum atomic E-state index is 12.5. The highest BCUT2D eigenvalue weighted by Gasteiger charge is 2.28. The van der Waals surface area contributed by atoms with Gasteiger partial charge in [-0.1, -0.05) is 12.1 Å². The van der Waals surface area contributed by atoms with Gasteiger partial charge in [0.1, 0.15) is 5.82 Å². The van der Waals surface area contributed by atoms with Crippen LogP contribution in [0.1, 0.15) is 5.56 Å². The van der Waals surface area contributed by atoms with Crippen molar-refractivity contribution in [2.75, 3.05) is 13.2 Å². The van der Waals surface area contributed by atoms with Gasteiger partial charge in [0.2, 0.25) is 0 Å². The van der Waals surface area contributed by atoms with Crippen LogP contribution in [0.15, 0.2) is 24.3 Å². The Kier molecular flexibility index (Phi) is 4.70. The zero-order valence-electron chi connectivity index (χ0n) is 8.35. The Morgan fingerprint density at radius 1 is 1.12 bits per heavy atom. The molecule has 0 aliphatic rings. The maximum Gasteiger partial charge on any atom is 0.522 e. The fraction of sp³-hybridized carbons (Fsp3) is 0.400. The number of halogens is 4. The number of hydrogen-bond donors (Lipinski definition) is 1. The smallest absolute Gasteiger partial charge is 0.310 e. The minimum absolute atomic E-state index is 0.0802. The van der Waals surface area contributed by atoms with Gasteiger partial charge in [-0.25, -0.2) is 4.39 Å². The van der Waals surface area contributed by atoms with E-state index in [0.717, 1.165) is 5.56 Å². The fourth-order valence-corrected chi connectivity index (χ4v) is 1.07. The van der Waals surface area contributed by atoms with Crippen molar-refractivity contribution in [1.29, 1.82) is 0 Å². The third kappa shape index (κ3) is 5.67. The van der Waals surface area contributed by atoms with Gasteiger partial charge < -0.3 is 5.32 Å². The molecule has 0 unspecified atom stereocenters. The lowest BCUT2D eigenvalue weighted by molar-refractivity contribution is -0.323. The predicted octanol–water partition coefficient (Wildman–Crippen LogP) is 2.45. The van der Waals surface area contributed by atoms with Crippen LogP contribution < -0.4 is 5.32 Å². The van der Waals surface area contributed by atoms with E-state index in [-0.39, 0.29) is 12.4 Å². The van der Waals surface area contributed by atoms with Gasteiger partial charge in [0.05, 0.1) is 6.61 Å². The summed E-state index contributed by atoms with van der Waals surface area (Å²) in [7, 11) is 0. The second-order valence-electron chi connectivity index (χ2n) is 3.10. The Labute approximate surface area is 90.2 Å². The lowest BCUT2D eigenvalue weighted by Crippen LogP contribution is -2.23. The highest BCUT2D eigenvalue weighted by atomic mass is 19.4. The Morgan fingerprint density at radius 2 is 1.75 bits per heavy atom. The number of ether oxygens (including phenoxy) is 1. The van der Waals surface area contributed by atoms with Crippen LogP contribution in [0.5, 0.6) is 0 Å². The second kappa shape index (κ2) is 5.81. The van der Waals surface area contributed by atoms with Gasteiger partial charge >= 0.3 is 6.36 Å². The van der Waals surface area contributed by atoms with Crippen molar-refractivity contribution < 1.29 is 22.3 Å². The van der Waals surface area contributed by atoms with Crippen molar-refractivity contribution in [1.82, 2.24) is 5.32 Å². The van der Waals surface area contributed by atoms with E-state index < -0.39 is 13.0 Å². The molecule has 6 heteroatoms. The maximum absolute atomic E-state index is 12.5. The SMILES string of the molecule is Fc1ccc(CNCCOC(F)(F)F)cc1. The number of nitrogens with one attached hydrogen (secondary N) is 1. The largest absolute Gasteiger partial charge is 0.522 e. The van der Waals surface area contributed by atoms with Gasteiger partial charge in [0.25, 0.3) is 0 Å². The summed E-state index contributed by atoms with van der Waals surface area (Å²) < 4.78 is 50.7. The summed E-state index contributed by atoms with van der Waals surface area (Å²) in [6.07, 6.45) is -4.59. The van der Waals surface area contributed by atoms with Crippen LogP contribution in [0.25, 0.3) is 0 Å². The molecule has 0 aromatic heterocycles. The van der Waals surface area contributed by atoms with E-state index in [4.69, 9.17) is 0 Å². The molecular weight excluding hydrogens is 226 g/mol. The van der Waals surface area contributed by atoms with E-state index in [1.54, 1.807) is 12.1 Å². The van der Waals surface area contributed by atoms with Gasteiger partial charge in [-0.2, -0.15) is 0 Å². The van der Waals surface area contributed by atoms with Gasteiger partial charge in [-0.05, 0) is 17.7 Å². The summed E-state index contributed by atoms with van der Waals surface area (Å²) in [5.74, 6) is -0.343. The van der Waals surface area contributed by atoms with E-state index in [1.807, 2.05) is 0 Å². The Hall–Kier alpha value is -1.14. The van der Waals surface area contributed by atoms with E-state index in [0.29, 0.717) is 6.54 Å². The number of hydrogen-bond acceptors (Lipinski definition) is 2. The predicted molar refractivity (Wildman–Crippen MR) is 50.1 cm³/mol. The normalized spacial score (nSPS) is 11.8. The number of rotatable bonds is 5. The zero-order valence-corrected chi connectivity index (χ0v) is 8.35. The average molecular weight is 237 g/mol. The third-order valence-electron chi connectivity index (χ3n) is 1.79. The van der Waals surface area contributed by atoms with Crippen molar-refractivity contribution in [3.63, 3.8) is 0 Å². The molecule has 0 heterocycles. The molecule has 1 N–H and O–H groups in total. The first-order valence-electron chi connectivity index (χ1n) is 4.63. The standard InChI is InChI=1S/C10H11F4NO/c11-9-3-1-8(2-4-9)7-15-5-6-16-10(12,13)14/h1-4,15H,5-7H2. The quantitative estimate of drug-likeness (QED) is 0.627. The Bertz CT molecular complexity index is 310. The van der Waals surface area contributed by atoms with Gasteiger partial charge in [-0.15, -0.1) is 13.2 Å². The van der Waals surface area contributed by atoms with Crippen LogP contribution in [0.4, 0.5) is 17.6 Å². The molecule has 1 aromatic rings. The van der Waals surface area contributed by atoms with Crippen molar-refractivity contribution >= 4 is 0 Å². The molecule has 0 bridgehead atoms. The summed E-state index contributed by atoms with van der Waals surface area (Å²) in [6, 6.07) is 5.71. The molecule has 0 aliphatic carbocycles. The van der Waals surface area contributed by atoms with Gasteiger partial charge in [0.15, 0.2) is 0 Å². The van der Waals surface area contributed by atoms with E-state index in [2.05, 4.69) is 10.1 Å². The summed E-state index contributed by atoms with van der Waals surface area (Å²) in [5.41, 5.74) is 0.799. The first kappa shape index (κ1) is 12.9. The van der Waals surface area contributed by atoms with Gasteiger partial charge in [-0.3, -0.25) is 4.74 Å². The topological polar surface area (TPSA) is 21.3 Å². The first-order chi connectivity index (χ1) is 7.47. The van der Waals surface area contributed by atoms with Crippen LogP contribution in [-0.4, -0.2) is 19.5 Å². The lowest BCUT2D eigenvalue weighted by Gasteiger charge is -2.08. The second-order valence-corrected chi connectivity index (χ2v) is 3.10. The molecule has 0 fully saturated rings. The summed E-state index contributed by atoms with van der Waals surface area (Å²) in [4.78, 5) is 0. The van der Waals surface area contributed by atoms with E-state index in [1.165, 1.54) is 12.1 Å². The molecule has 0 saturated heterocycles. The Balaban J connectivity index is 2.14. The molecule has 0 saturated carbocycles. The van der Waals surface area contributed by atoms with E-state index in [9.17, 15) is 17.6 Å². The minimum Gasteiger partial charge on any atom is -0.310 e. The zero-order chi connectivity index (χ0) is 12.0. The molecular formula is C10H11F4NO. The highest BCUT2D eigenvalue weighted by molar-refractivity contribution is 5.15. The van der Waals surface area contributed by atoms with Gasteiger partial charge in [0, 0.05) is 13.1 Å². The minimum atomic E-state index is -4.59. The van der Waals surface area contributed by atoms with Crippen LogP contribution in [0.2, 0.25) is 0 Å². The Morgan fingerprint density at radius 3 is 2.31 bits per heavy atom. The van der Waals surface area contributed by atoms with Crippen LogP contribution >= 0.6 is 0 Å². The summed E-state index contributed by atoms with van der Waals surface area (Å²) in [6.45, 7) is 0.0169. The average Bonchev–Trinajstić information content (AvgIpc) is 2.19. The molecule has 0 aliphatic heterocycles. The van der Waals surface area contributed by atoms with Crippen molar-refractivity contribution in [2.45, 2.75) is 12.9 Å². The third-order valence-corrected chi connectivity index (χ3v) is 1.79. The summed E-state index contributed by atoms with van der Waals surface area (Å²) >= 11 is 0. The molecule has 90 valence electrons. The molecule has 16 heavy (non-hydrogen) atoms. The molecule has 2 nitrogen and oxygen atoms in total. The highest BCUT2D eigenvalue weighted by Crippen LogP contribution is 2.15. The van der Waals surface area contributed by atoms with Crippen molar-refractivity contribution in [3.05, 3.63) is 35.6 Å². The number of alkyl halides is 3. The molecule has 0 spiro atoms. The van der Waals surface area contributed by atoms with Crippen LogP contribution in [-0.2, 0) is 11.3 Å². The van der Waals surface area contributed by atoms with Crippen molar-refractivity contribution in [3.8, 4) is 0 Å². The summed E-state index contributed by atoms with van der Waals surface area (Å²) in [5, 5.41) is 2.75. The molecule has 0 atom stereocenters. The fourth-order valence-electron chi connectivity index (χ4n) is 1.07. The first-order valence-corrected chi connectivity index (χ1v) is 4.63. The number of benzene rings is 1. The van der Waals surface area contributed by atoms with E-state index >= 15 is 0 Å². The molecule has 0 radical (unpaired) electrons. The van der Waals surface area contributed by atoms with Crippen LogP contribution in [0.3, 0.4) is 0 Å². The lowest BCUT2D eigenvalue weighted by atomic mass is 10.2. The monoisotopic (exact) mass is 237 g/mol. The molecule has 0 amide bonds. The van der Waals surface area contributed by atoms with Crippen LogP contribution in [0, 0.1) is 5.82 Å². The van der Waals surface area contributed by atoms with Crippen molar-refractivity contribution in [2.24, 2.45) is 0 Å². The molecule has 1 aromatic carbocycles.